The molecule has 4 heterocycles. The number of hydrogen-bond acceptors (Lipinski definition) is 9. The second-order valence-electron chi connectivity index (χ2n) is 12.2. The summed E-state index contributed by atoms with van der Waals surface area (Å²) < 4.78 is 2.01. The number of anilines is 1. The van der Waals surface area contributed by atoms with Crippen LogP contribution in [0.5, 0.6) is 0 Å². The van der Waals surface area contributed by atoms with Gasteiger partial charge in [-0.1, -0.05) is 6.07 Å². The second kappa shape index (κ2) is 11.4. The summed E-state index contributed by atoms with van der Waals surface area (Å²) in [6, 6.07) is 8.51. The number of fused-ring (bicyclic) bond motifs is 2. The zero-order valence-corrected chi connectivity index (χ0v) is 27.2. The van der Waals surface area contributed by atoms with E-state index < -0.39 is 6.04 Å². The average molecular weight is 671 g/mol. The molecule has 2 fully saturated rings. The zero-order valence-electron chi connectivity index (χ0n) is 25.6. The van der Waals surface area contributed by atoms with Crippen LogP contribution < -0.4 is 5.32 Å². The van der Waals surface area contributed by atoms with Crippen molar-refractivity contribution in [3.8, 4) is 17.2 Å². The fourth-order valence-corrected chi connectivity index (χ4v) is 6.91. The monoisotopic (exact) mass is 669 g/mol. The standard InChI is InChI=1S/C32H32BrN9O3/c1-17-6-7-26(33)37-30(17)38-31(45)24-10-32(16-40(4)5)11-25(32)42(24)27(44)15-41-29-21(12-34)8-20(22-13-35-19(3)36-14-22)9-23(29)28(39-41)18(2)43/h6-9,13-14,24-25H,10-11,15-16H2,1-5H3,(H,37,38,45)/t24-,25-,32?/m0/s1. The Balaban J connectivity index is 1.36. The Bertz CT molecular complexity index is 1910. The lowest BCUT2D eigenvalue weighted by Crippen LogP contribution is -2.47. The number of nitriles is 1. The van der Waals surface area contributed by atoms with Gasteiger partial charge in [0.15, 0.2) is 5.78 Å². The van der Waals surface area contributed by atoms with Crippen LogP contribution in [0.1, 0.15) is 47.2 Å². The summed E-state index contributed by atoms with van der Waals surface area (Å²) in [6.07, 6.45) is 4.63. The van der Waals surface area contributed by atoms with Gasteiger partial charge in [-0.3, -0.25) is 19.1 Å². The number of Topliss-reactive ketones (excluding diaryl/α,β-unsaturated/α-hetero) is 1. The van der Waals surface area contributed by atoms with Crippen molar-refractivity contribution in [1.82, 2.24) is 34.5 Å². The van der Waals surface area contributed by atoms with E-state index >= 15 is 0 Å². The lowest BCUT2D eigenvalue weighted by atomic mass is 9.98. The van der Waals surface area contributed by atoms with Gasteiger partial charge in [0.2, 0.25) is 11.8 Å². The number of pyridine rings is 1. The van der Waals surface area contributed by atoms with Gasteiger partial charge in [0.05, 0.1) is 11.1 Å². The van der Waals surface area contributed by atoms with Gasteiger partial charge >= 0.3 is 0 Å². The maximum atomic E-state index is 14.2. The Morgan fingerprint density at radius 3 is 2.53 bits per heavy atom. The number of benzene rings is 1. The topological polar surface area (TPSA) is 150 Å². The number of amides is 2. The third-order valence-electron chi connectivity index (χ3n) is 8.64. The molecule has 1 aromatic carbocycles. The first-order valence-electron chi connectivity index (χ1n) is 14.6. The molecule has 0 radical (unpaired) electrons. The van der Waals surface area contributed by atoms with Crippen molar-refractivity contribution in [1.29, 1.82) is 5.26 Å². The predicted octanol–water partition coefficient (Wildman–Crippen LogP) is 3.90. The van der Waals surface area contributed by atoms with Crippen LogP contribution in [-0.4, -0.2) is 84.9 Å². The average Bonchev–Trinajstić information content (AvgIpc) is 3.38. The van der Waals surface area contributed by atoms with E-state index in [0.717, 1.165) is 18.5 Å². The van der Waals surface area contributed by atoms with Crippen molar-refractivity contribution in [3.63, 3.8) is 0 Å². The number of rotatable bonds is 8. The van der Waals surface area contributed by atoms with Gasteiger partial charge in [-0.25, -0.2) is 15.0 Å². The summed E-state index contributed by atoms with van der Waals surface area (Å²) in [5.41, 5.74) is 2.76. The highest BCUT2D eigenvalue weighted by molar-refractivity contribution is 9.10. The summed E-state index contributed by atoms with van der Waals surface area (Å²) in [5.74, 6) is 0.131. The quantitative estimate of drug-likeness (QED) is 0.218. The van der Waals surface area contributed by atoms with Gasteiger partial charge in [-0.2, -0.15) is 10.4 Å². The Labute approximate surface area is 268 Å². The molecular weight excluding hydrogens is 638 g/mol. The minimum Gasteiger partial charge on any atom is -0.325 e. The Kier molecular flexibility index (Phi) is 7.74. The summed E-state index contributed by atoms with van der Waals surface area (Å²) in [7, 11) is 3.97. The van der Waals surface area contributed by atoms with Crippen molar-refractivity contribution >= 4 is 50.2 Å². The molecule has 0 bridgehead atoms. The van der Waals surface area contributed by atoms with Crippen LogP contribution in [0, 0.1) is 30.6 Å². The summed E-state index contributed by atoms with van der Waals surface area (Å²) >= 11 is 3.36. The maximum Gasteiger partial charge on any atom is 0.248 e. The number of likely N-dealkylation sites (tertiary alicyclic amines) is 1. The molecule has 2 amide bonds. The minimum atomic E-state index is -0.714. The Morgan fingerprint density at radius 2 is 1.87 bits per heavy atom. The molecular formula is C32H32BrN9O3. The second-order valence-corrected chi connectivity index (χ2v) is 13.1. The summed E-state index contributed by atoms with van der Waals surface area (Å²) in [4.78, 5) is 57.3. The van der Waals surface area contributed by atoms with Gasteiger partial charge in [0, 0.05) is 48.3 Å². The molecule has 0 spiro atoms. The fraction of sp³-hybridized carbons (Fsp3) is 0.375. The van der Waals surface area contributed by atoms with Crippen molar-refractivity contribution in [2.24, 2.45) is 5.41 Å². The molecule has 3 aromatic heterocycles. The first-order valence-corrected chi connectivity index (χ1v) is 15.3. The lowest BCUT2D eigenvalue weighted by molar-refractivity contribution is -0.138. The highest BCUT2D eigenvalue weighted by atomic mass is 79.9. The van der Waals surface area contributed by atoms with E-state index in [1.165, 1.54) is 11.6 Å². The van der Waals surface area contributed by atoms with E-state index in [1.807, 2.05) is 27.1 Å². The van der Waals surface area contributed by atoms with Crippen molar-refractivity contribution in [2.75, 3.05) is 26.0 Å². The van der Waals surface area contributed by atoms with Gasteiger partial charge < -0.3 is 15.1 Å². The fourth-order valence-electron chi connectivity index (χ4n) is 6.60. The number of carbonyl (C=O) groups excluding carboxylic acids is 3. The number of ketones is 1. The maximum absolute atomic E-state index is 14.2. The van der Waals surface area contributed by atoms with Crippen molar-refractivity contribution in [3.05, 3.63) is 63.9 Å². The molecule has 1 aliphatic heterocycles. The van der Waals surface area contributed by atoms with E-state index in [0.29, 0.717) is 44.7 Å². The van der Waals surface area contributed by atoms with Gasteiger partial charge in [0.25, 0.3) is 0 Å². The molecule has 1 N–H and O–H groups in total. The first kappa shape index (κ1) is 30.5. The van der Waals surface area contributed by atoms with Crippen LogP contribution in [0.4, 0.5) is 5.82 Å². The molecule has 12 nitrogen and oxygen atoms in total. The van der Waals surface area contributed by atoms with Crippen LogP contribution >= 0.6 is 15.9 Å². The Hall–Kier alpha value is -4.54. The van der Waals surface area contributed by atoms with Gasteiger partial charge in [0.1, 0.15) is 40.6 Å². The third-order valence-corrected chi connectivity index (χ3v) is 9.08. The van der Waals surface area contributed by atoms with Crippen LogP contribution in [0.15, 0.2) is 41.3 Å². The molecule has 1 unspecified atom stereocenters. The number of piperidine rings is 1. The molecule has 3 atom stereocenters. The third kappa shape index (κ3) is 5.60. The molecule has 4 aromatic rings. The number of carbonyl (C=O) groups is 3. The molecule has 1 aliphatic carbocycles. The summed E-state index contributed by atoms with van der Waals surface area (Å²) in [5, 5.41) is 18.1. The predicted molar refractivity (Wildman–Crippen MR) is 170 cm³/mol. The molecule has 13 heteroatoms. The molecule has 1 saturated heterocycles. The van der Waals surface area contributed by atoms with E-state index in [1.54, 1.807) is 42.4 Å². The normalized spacial score (nSPS) is 20.3. The number of aryl methyl sites for hydroxylation is 2. The number of nitrogens with one attached hydrogen (secondary N) is 1. The van der Waals surface area contributed by atoms with E-state index in [4.69, 9.17) is 0 Å². The van der Waals surface area contributed by atoms with Crippen LogP contribution in [-0.2, 0) is 16.1 Å². The lowest BCUT2D eigenvalue weighted by Gasteiger charge is -2.27. The zero-order chi connectivity index (χ0) is 32.2. The molecule has 230 valence electrons. The van der Waals surface area contributed by atoms with Crippen LogP contribution in [0.25, 0.3) is 22.0 Å². The molecule has 45 heavy (non-hydrogen) atoms. The number of aromatic nitrogens is 5. The smallest absolute Gasteiger partial charge is 0.248 e. The van der Waals surface area contributed by atoms with Gasteiger partial charge in [-0.15, -0.1) is 0 Å². The number of hydrogen-bond donors (Lipinski definition) is 1. The molecule has 2 aliphatic rings. The summed E-state index contributed by atoms with van der Waals surface area (Å²) in [6.45, 7) is 5.54. The number of nitrogens with zero attached hydrogens (tertiary/aromatic N) is 8. The Morgan fingerprint density at radius 1 is 1.13 bits per heavy atom. The molecule has 1 saturated carbocycles. The highest BCUT2D eigenvalue weighted by Crippen LogP contribution is 2.60. The van der Waals surface area contributed by atoms with Crippen LogP contribution in [0.2, 0.25) is 0 Å². The largest absolute Gasteiger partial charge is 0.325 e. The minimum absolute atomic E-state index is 0.114. The SMILES string of the molecule is CC(=O)c1nn(CC(=O)N2[C@H]3CC3(CN(C)C)C[C@H]2C(=O)Nc2nc(Br)ccc2C)c2c(C#N)cc(-c3cnc(C)nc3)cc12. The number of halogens is 1. The first-order chi connectivity index (χ1) is 21.4. The van der Waals surface area contributed by atoms with Gasteiger partial charge in [-0.05, 0) is 86.0 Å². The van der Waals surface area contributed by atoms with E-state index in [9.17, 15) is 19.6 Å². The van der Waals surface area contributed by atoms with Crippen molar-refractivity contribution < 1.29 is 14.4 Å². The van der Waals surface area contributed by atoms with Crippen molar-refractivity contribution in [2.45, 2.75) is 52.2 Å². The van der Waals surface area contributed by atoms with E-state index in [2.05, 4.69) is 52.3 Å². The van der Waals surface area contributed by atoms with Crippen LogP contribution in [0.3, 0.4) is 0 Å². The molecule has 6 rings (SSSR count). The van der Waals surface area contributed by atoms with E-state index in [-0.39, 0.29) is 46.9 Å². The highest BCUT2D eigenvalue weighted by Gasteiger charge is 2.67.